The van der Waals surface area contributed by atoms with Crippen LogP contribution in [0.2, 0.25) is 0 Å². The van der Waals surface area contributed by atoms with Crippen LogP contribution in [-0.2, 0) is 0 Å². The number of carboxylic acid groups (broad SMARTS) is 1. The summed E-state index contributed by atoms with van der Waals surface area (Å²) >= 11 is 0. The minimum atomic E-state index is -0.968. The highest BCUT2D eigenvalue weighted by atomic mass is 16.4. The van der Waals surface area contributed by atoms with Gasteiger partial charge in [-0.15, -0.1) is 0 Å². The van der Waals surface area contributed by atoms with Gasteiger partial charge in [-0.25, -0.2) is 9.78 Å². The normalized spacial score (nSPS) is 11.2. The Morgan fingerprint density at radius 1 is 1.53 bits per heavy atom. The predicted molar refractivity (Wildman–Crippen MR) is 65.2 cm³/mol. The fraction of sp³-hybridized carbons (Fsp3) is 0.500. The number of nitrogens with zero attached hydrogens (tertiary/aromatic N) is 1. The van der Waals surface area contributed by atoms with Gasteiger partial charge in [0.15, 0.2) is 0 Å². The van der Waals surface area contributed by atoms with Crippen LogP contribution >= 0.6 is 0 Å². The molecule has 0 bridgehead atoms. The first-order chi connectivity index (χ1) is 7.94. The minimum Gasteiger partial charge on any atom is -0.478 e. The van der Waals surface area contributed by atoms with E-state index in [0.717, 1.165) is 0 Å². The number of aliphatic hydroxyl groups excluding tert-OH is 1. The van der Waals surface area contributed by atoms with E-state index in [1.807, 2.05) is 13.8 Å². The Kier molecular flexibility index (Phi) is 4.45. The standard InChI is InChI=1S/C12H18N2O3/c1-12(2,4-6-15)8-14-10-7-9(11(16)17)3-5-13-10/h3,5,7,15H,4,6,8H2,1-2H3,(H,13,14)(H,16,17). The zero-order valence-electron chi connectivity index (χ0n) is 10.1. The summed E-state index contributed by atoms with van der Waals surface area (Å²) in [5.41, 5.74) is 0.151. The van der Waals surface area contributed by atoms with Gasteiger partial charge in [-0.3, -0.25) is 0 Å². The maximum absolute atomic E-state index is 10.8. The van der Waals surface area contributed by atoms with Crippen molar-refractivity contribution in [3.63, 3.8) is 0 Å². The average Bonchev–Trinajstić information content (AvgIpc) is 2.27. The number of carboxylic acids is 1. The summed E-state index contributed by atoms with van der Waals surface area (Å²) in [4.78, 5) is 14.8. The van der Waals surface area contributed by atoms with E-state index in [1.165, 1.54) is 18.3 Å². The summed E-state index contributed by atoms with van der Waals surface area (Å²) in [5, 5.41) is 20.8. The molecule has 0 aliphatic heterocycles. The highest BCUT2D eigenvalue weighted by Crippen LogP contribution is 2.20. The van der Waals surface area contributed by atoms with Gasteiger partial charge in [0.25, 0.3) is 0 Å². The Morgan fingerprint density at radius 3 is 2.82 bits per heavy atom. The summed E-state index contributed by atoms with van der Waals surface area (Å²) in [6.45, 7) is 4.81. The van der Waals surface area contributed by atoms with Gasteiger partial charge < -0.3 is 15.5 Å². The van der Waals surface area contributed by atoms with Crippen molar-refractivity contribution in [3.05, 3.63) is 23.9 Å². The third-order valence-corrected chi connectivity index (χ3v) is 2.54. The first-order valence-corrected chi connectivity index (χ1v) is 5.49. The molecule has 0 amide bonds. The number of anilines is 1. The van der Waals surface area contributed by atoms with E-state index in [4.69, 9.17) is 10.2 Å². The maximum Gasteiger partial charge on any atom is 0.335 e. The van der Waals surface area contributed by atoms with Crippen LogP contribution in [0.4, 0.5) is 5.82 Å². The number of hydrogen-bond acceptors (Lipinski definition) is 4. The quantitative estimate of drug-likeness (QED) is 0.701. The third kappa shape index (κ3) is 4.40. The summed E-state index contributed by atoms with van der Waals surface area (Å²) in [7, 11) is 0. The lowest BCUT2D eigenvalue weighted by molar-refractivity contribution is 0.0697. The summed E-state index contributed by atoms with van der Waals surface area (Å²) in [6.07, 6.45) is 2.14. The second-order valence-electron chi connectivity index (χ2n) is 4.73. The Hall–Kier alpha value is -1.62. The number of carbonyl (C=O) groups is 1. The van der Waals surface area contributed by atoms with E-state index in [2.05, 4.69) is 10.3 Å². The molecule has 3 N–H and O–H groups in total. The van der Waals surface area contributed by atoms with Gasteiger partial charge in [0, 0.05) is 19.3 Å². The van der Waals surface area contributed by atoms with Crippen LogP contribution in [0.5, 0.6) is 0 Å². The second-order valence-corrected chi connectivity index (χ2v) is 4.73. The van der Waals surface area contributed by atoms with E-state index >= 15 is 0 Å². The first kappa shape index (κ1) is 13.4. The van der Waals surface area contributed by atoms with E-state index in [0.29, 0.717) is 18.8 Å². The van der Waals surface area contributed by atoms with Crippen molar-refractivity contribution in [2.75, 3.05) is 18.5 Å². The third-order valence-electron chi connectivity index (χ3n) is 2.54. The zero-order chi connectivity index (χ0) is 12.9. The molecule has 0 unspecified atom stereocenters. The smallest absolute Gasteiger partial charge is 0.335 e. The van der Waals surface area contributed by atoms with Crippen LogP contribution < -0.4 is 5.32 Å². The molecule has 0 aromatic carbocycles. The van der Waals surface area contributed by atoms with Gasteiger partial charge in [0.05, 0.1) is 5.56 Å². The fourth-order valence-electron chi connectivity index (χ4n) is 1.38. The van der Waals surface area contributed by atoms with Crippen LogP contribution in [0, 0.1) is 5.41 Å². The van der Waals surface area contributed by atoms with Crippen molar-refractivity contribution in [1.29, 1.82) is 0 Å². The predicted octanol–water partition coefficient (Wildman–Crippen LogP) is 1.60. The highest BCUT2D eigenvalue weighted by molar-refractivity contribution is 5.88. The molecule has 1 rings (SSSR count). The monoisotopic (exact) mass is 238 g/mol. The number of rotatable bonds is 6. The Balaban J connectivity index is 2.63. The van der Waals surface area contributed by atoms with Crippen molar-refractivity contribution in [3.8, 4) is 0 Å². The zero-order valence-corrected chi connectivity index (χ0v) is 10.1. The lowest BCUT2D eigenvalue weighted by atomic mass is 9.90. The van der Waals surface area contributed by atoms with Crippen LogP contribution in [0.3, 0.4) is 0 Å². The Labute approximate surface area is 101 Å². The van der Waals surface area contributed by atoms with E-state index < -0.39 is 5.97 Å². The van der Waals surface area contributed by atoms with E-state index in [1.54, 1.807) is 0 Å². The molecule has 1 heterocycles. The van der Waals surface area contributed by atoms with Crippen molar-refractivity contribution < 1.29 is 15.0 Å². The molecular weight excluding hydrogens is 220 g/mol. The molecule has 0 saturated heterocycles. The van der Waals surface area contributed by atoms with Crippen LogP contribution in [0.25, 0.3) is 0 Å². The highest BCUT2D eigenvalue weighted by Gasteiger charge is 2.17. The van der Waals surface area contributed by atoms with Crippen molar-refractivity contribution in [2.24, 2.45) is 5.41 Å². The summed E-state index contributed by atoms with van der Waals surface area (Å²) < 4.78 is 0. The lowest BCUT2D eigenvalue weighted by Crippen LogP contribution is -2.24. The lowest BCUT2D eigenvalue weighted by Gasteiger charge is -2.24. The minimum absolute atomic E-state index is 0.0599. The molecule has 94 valence electrons. The van der Waals surface area contributed by atoms with Gasteiger partial charge in [0.1, 0.15) is 5.82 Å². The second kappa shape index (κ2) is 5.63. The number of aromatic carboxylic acids is 1. The molecule has 0 radical (unpaired) electrons. The van der Waals surface area contributed by atoms with Gasteiger partial charge in [-0.05, 0) is 24.0 Å². The van der Waals surface area contributed by atoms with Crippen LogP contribution in [0.1, 0.15) is 30.6 Å². The van der Waals surface area contributed by atoms with Crippen molar-refractivity contribution in [1.82, 2.24) is 4.98 Å². The van der Waals surface area contributed by atoms with Gasteiger partial charge in [-0.1, -0.05) is 13.8 Å². The molecule has 5 heteroatoms. The van der Waals surface area contributed by atoms with Gasteiger partial charge in [-0.2, -0.15) is 0 Å². The molecule has 0 fully saturated rings. The fourth-order valence-corrected chi connectivity index (χ4v) is 1.38. The van der Waals surface area contributed by atoms with E-state index in [-0.39, 0.29) is 17.6 Å². The molecule has 1 aromatic rings. The van der Waals surface area contributed by atoms with Gasteiger partial charge >= 0.3 is 5.97 Å². The van der Waals surface area contributed by atoms with E-state index in [9.17, 15) is 4.79 Å². The van der Waals surface area contributed by atoms with Crippen LogP contribution in [-0.4, -0.2) is 34.3 Å². The Bertz CT molecular complexity index is 391. The molecule has 0 aliphatic rings. The SMILES string of the molecule is CC(C)(CCO)CNc1cc(C(=O)O)ccn1. The molecule has 0 spiro atoms. The van der Waals surface area contributed by atoms with Gasteiger partial charge in [0.2, 0.25) is 0 Å². The summed E-state index contributed by atoms with van der Waals surface area (Å²) in [5.74, 6) is -0.430. The number of nitrogens with one attached hydrogen (secondary N) is 1. The molecule has 0 atom stereocenters. The molecule has 5 nitrogen and oxygen atoms in total. The van der Waals surface area contributed by atoms with Crippen LogP contribution in [0.15, 0.2) is 18.3 Å². The number of aliphatic hydroxyl groups is 1. The summed E-state index contributed by atoms with van der Waals surface area (Å²) in [6, 6.07) is 2.95. The largest absolute Gasteiger partial charge is 0.478 e. The molecular formula is C12H18N2O3. The topological polar surface area (TPSA) is 82.5 Å². The molecule has 0 saturated carbocycles. The average molecular weight is 238 g/mol. The maximum atomic E-state index is 10.8. The number of aromatic nitrogens is 1. The molecule has 0 aliphatic carbocycles. The molecule has 1 aromatic heterocycles. The Morgan fingerprint density at radius 2 is 2.24 bits per heavy atom. The number of hydrogen-bond donors (Lipinski definition) is 3. The first-order valence-electron chi connectivity index (χ1n) is 5.49. The van der Waals surface area contributed by atoms with Crippen molar-refractivity contribution >= 4 is 11.8 Å². The van der Waals surface area contributed by atoms with Crippen molar-refractivity contribution in [2.45, 2.75) is 20.3 Å². The molecule has 17 heavy (non-hydrogen) atoms. The number of pyridine rings is 1.